The Morgan fingerprint density at radius 1 is 1.40 bits per heavy atom. The van der Waals surface area contributed by atoms with Gasteiger partial charge in [-0.2, -0.15) is 0 Å². The molecule has 0 bridgehead atoms. The van der Waals surface area contributed by atoms with Crippen molar-refractivity contribution >= 4 is 11.3 Å². The van der Waals surface area contributed by atoms with E-state index in [1.165, 1.54) is 6.07 Å². The molecule has 0 unspecified atom stereocenters. The third-order valence-electron chi connectivity index (χ3n) is 2.72. The summed E-state index contributed by atoms with van der Waals surface area (Å²) in [5.41, 5.74) is 1.80. The van der Waals surface area contributed by atoms with Crippen LogP contribution in [0.15, 0.2) is 23.6 Å². The van der Waals surface area contributed by atoms with Crippen LogP contribution in [0, 0.1) is 12.7 Å². The predicted octanol–water partition coefficient (Wildman–Crippen LogP) is 3.67. The Kier molecular flexibility index (Phi) is 5.09. The van der Waals surface area contributed by atoms with Gasteiger partial charge < -0.3 is 10.1 Å². The van der Waals surface area contributed by atoms with Gasteiger partial charge in [-0.3, -0.25) is 0 Å². The van der Waals surface area contributed by atoms with Gasteiger partial charge in [-0.05, 0) is 24.6 Å². The molecule has 20 heavy (non-hydrogen) atoms. The topological polar surface area (TPSA) is 34.1 Å². The number of nitrogens with zero attached hydrogens (tertiary/aromatic N) is 1. The van der Waals surface area contributed by atoms with Crippen molar-refractivity contribution in [1.82, 2.24) is 10.3 Å². The molecule has 0 aliphatic rings. The first-order valence-electron chi connectivity index (χ1n) is 6.60. The zero-order chi connectivity index (χ0) is 14.5. The summed E-state index contributed by atoms with van der Waals surface area (Å²) >= 11 is 1.59. The van der Waals surface area contributed by atoms with Gasteiger partial charge in [-0.15, -0.1) is 11.3 Å². The van der Waals surface area contributed by atoms with Crippen LogP contribution in [0.3, 0.4) is 0 Å². The number of hydrogen-bond acceptors (Lipinski definition) is 4. The Bertz CT molecular complexity index is 569. The summed E-state index contributed by atoms with van der Waals surface area (Å²) in [5, 5.41) is 6.28. The van der Waals surface area contributed by atoms with Crippen molar-refractivity contribution in [3.8, 4) is 5.75 Å². The highest BCUT2D eigenvalue weighted by molar-refractivity contribution is 7.09. The minimum Gasteiger partial charge on any atom is -0.484 e. The smallest absolute Gasteiger partial charge is 0.165 e. The summed E-state index contributed by atoms with van der Waals surface area (Å²) in [4.78, 5) is 4.46. The van der Waals surface area contributed by atoms with Crippen LogP contribution in [-0.4, -0.2) is 11.0 Å². The van der Waals surface area contributed by atoms with E-state index in [-0.39, 0.29) is 11.6 Å². The molecular formula is C15H19FN2OS. The Hall–Kier alpha value is -1.46. The van der Waals surface area contributed by atoms with E-state index in [0.29, 0.717) is 12.6 Å². The van der Waals surface area contributed by atoms with E-state index < -0.39 is 0 Å². The van der Waals surface area contributed by atoms with Crippen LogP contribution in [0.1, 0.15) is 30.1 Å². The SMILES string of the molecule is Cc1ccc(F)c(OCc2csc(CNC(C)C)n2)c1. The molecule has 2 aromatic rings. The highest BCUT2D eigenvalue weighted by Gasteiger charge is 2.07. The van der Waals surface area contributed by atoms with E-state index in [9.17, 15) is 4.39 Å². The number of nitrogens with one attached hydrogen (secondary N) is 1. The van der Waals surface area contributed by atoms with Crippen molar-refractivity contribution in [3.05, 3.63) is 45.7 Å². The quantitative estimate of drug-likeness (QED) is 0.882. The van der Waals surface area contributed by atoms with Gasteiger partial charge in [0.05, 0.1) is 5.69 Å². The lowest BCUT2D eigenvalue weighted by molar-refractivity contribution is 0.286. The first kappa shape index (κ1) is 14.9. The number of aryl methyl sites for hydroxylation is 1. The van der Waals surface area contributed by atoms with Gasteiger partial charge in [0.25, 0.3) is 0 Å². The van der Waals surface area contributed by atoms with Crippen molar-refractivity contribution in [3.63, 3.8) is 0 Å². The molecule has 0 saturated carbocycles. The molecule has 1 aromatic carbocycles. The normalized spacial score (nSPS) is 11.1. The van der Waals surface area contributed by atoms with Gasteiger partial charge in [-0.25, -0.2) is 9.37 Å². The van der Waals surface area contributed by atoms with Crippen LogP contribution in [0.2, 0.25) is 0 Å². The molecule has 108 valence electrons. The van der Waals surface area contributed by atoms with Crippen LogP contribution in [0.4, 0.5) is 4.39 Å². The second kappa shape index (κ2) is 6.81. The molecule has 5 heteroatoms. The van der Waals surface area contributed by atoms with E-state index in [1.54, 1.807) is 23.5 Å². The first-order chi connectivity index (χ1) is 9.54. The van der Waals surface area contributed by atoms with E-state index in [0.717, 1.165) is 22.8 Å². The number of ether oxygens (including phenoxy) is 1. The second-order valence-corrected chi connectivity index (χ2v) is 5.93. The molecule has 0 aliphatic heterocycles. The summed E-state index contributed by atoms with van der Waals surface area (Å²) < 4.78 is 19.0. The van der Waals surface area contributed by atoms with Gasteiger partial charge in [0.1, 0.15) is 11.6 Å². The number of hydrogen-bond donors (Lipinski definition) is 1. The average molecular weight is 294 g/mol. The van der Waals surface area contributed by atoms with Crippen molar-refractivity contribution in [2.24, 2.45) is 0 Å². The number of thiazole rings is 1. The zero-order valence-corrected chi connectivity index (χ0v) is 12.8. The lowest BCUT2D eigenvalue weighted by Crippen LogP contribution is -2.21. The summed E-state index contributed by atoms with van der Waals surface area (Å²) in [6.45, 7) is 7.14. The third-order valence-corrected chi connectivity index (χ3v) is 3.62. The molecule has 0 radical (unpaired) electrons. The summed E-state index contributed by atoms with van der Waals surface area (Å²) in [6.07, 6.45) is 0. The highest BCUT2D eigenvalue weighted by Crippen LogP contribution is 2.20. The lowest BCUT2D eigenvalue weighted by Gasteiger charge is -2.06. The fraction of sp³-hybridized carbons (Fsp3) is 0.400. The third kappa shape index (κ3) is 4.28. The van der Waals surface area contributed by atoms with Crippen molar-refractivity contribution in [1.29, 1.82) is 0 Å². The van der Waals surface area contributed by atoms with Crippen LogP contribution < -0.4 is 10.1 Å². The zero-order valence-electron chi connectivity index (χ0n) is 11.9. The standard InChI is InChI=1S/C15H19FN2OS/c1-10(2)17-7-15-18-12(9-20-15)8-19-14-6-11(3)4-5-13(14)16/h4-6,9-10,17H,7-8H2,1-3H3. The number of halogens is 1. The van der Waals surface area contributed by atoms with Crippen molar-refractivity contribution in [2.75, 3.05) is 0 Å². The Morgan fingerprint density at radius 2 is 2.20 bits per heavy atom. The Balaban J connectivity index is 1.92. The molecule has 0 spiro atoms. The molecule has 1 heterocycles. The first-order valence-corrected chi connectivity index (χ1v) is 7.48. The molecule has 3 nitrogen and oxygen atoms in total. The van der Waals surface area contributed by atoms with Gasteiger partial charge in [0.15, 0.2) is 11.6 Å². The summed E-state index contributed by atoms with van der Waals surface area (Å²) in [7, 11) is 0. The predicted molar refractivity (Wildman–Crippen MR) is 79.6 cm³/mol. The molecule has 0 saturated heterocycles. The number of benzene rings is 1. The minimum atomic E-state index is -0.340. The highest BCUT2D eigenvalue weighted by atomic mass is 32.1. The van der Waals surface area contributed by atoms with Crippen molar-refractivity contribution < 1.29 is 9.13 Å². The fourth-order valence-electron chi connectivity index (χ4n) is 1.66. The Labute approximate surface area is 122 Å². The van der Waals surface area contributed by atoms with Gasteiger partial charge in [0, 0.05) is 18.0 Å². The van der Waals surface area contributed by atoms with E-state index >= 15 is 0 Å². The van der Waals surface area contributed by atoms with Crippen LogP contribution >= 0.6 is 11.3 Å². The lowest BCUT2D eigenvalue weighted by atomic mass is 10.2. The number of rotatable bonds is 6. The molecule has 0 fully saturated rings. The van der Waals surface area contributed by atoms with E-state index in [4.69, 9.17) is 4.74 Å². The van der Waals surface area contributed by atoms with Gasteiger partial charge in [0.2, 0.25) is 0 Å². The van der Waals surface area contributed by atoms with Crippen LogP contribution in [0.25, 0.3) is 0 Å². The van der Waals surface area contributed by atoms with Gasteiger partial charge >= 0.3 is 0 Å². The molecular weight excluding hydrogens is 275 g/mol. The van der Waals surface area contributed by atoms with Crippen molar-refractivity contribution in [2.45, 2.75) is 40.0 Å². The molecule has 0 amide bonds. The maximum atomic E-state index is 13.5. The molecule has 0 atom stereocenters. The molecule has 1 aromatic heterocycles. The van der Waals surface area contributed by atoms with Crippen LogP contribution in [-0.2, 0) is 13.2 Å². The Morgan fingerprint density at radius 3 is 2.95 bits per heavy atom. The average Bonchev–Trinajstić information content (AvgIpc) is 2.85. The van der Waals surface area contributed by atoms with Crippen LogP contribution in [0.5, 0.6) is 5.75 Å². The second-order valence-electron chi connectivity index (χ2n) is 4.99. The van der Waals surface area contributed by atoms with E-state index in [1.807, 2.05) is 12.3 Å². The summed E-state index contributed by atoms with van der Waals surface area (Å²) in [6, 6.07) is 5.27. The minimum absolute atomic E-state index is 0.278. The van der Waals surface area contributed by atoms with Gasteiger partial charge in [-0.1, -0.05) is 19.9 Å². The van der Waals surface area contributed by atoms with E-state index in [2.05, 4.69) is 24.1 Å². The fourth-order valence-corrected chi connectivity index (χ4v) is 2.39. The summed E-state index contributed by atoms with van der Waals surface area (Å²) in [5.74, 6) is -0.0626. The molecule has 0 aliphatic carbocycles. The maximum absolute atomic E-state index is 13.5. The molecule has 1 N–H and O–H groups in total. The largest absolute Gasteiger partial charge is 0.484 e. The number of aromatic nitrogens is 1. The molecule has 2 rings (SSSR count). The monoisotopic (exact) mass is 294 g/mol. The maximum Gasteiger partial charge on any atom is 0.165 e.